The number of aryl methyl sites for hydroxylation is 1. The van der Waals surface area contributed by atoms with E-state index in [1.54, 1.807) is 0 Å². The van der Waals surface area contributed by atoms with Gasteiger partial charge in [0.15, 0.2) is 0 Å². The fourth-order valence-corrected chi connectivity index (χ4v) is 2.55. The first-order valence-electron chi connectivity index (χ1n) is 7.14. The minimum absolute atomic E-state index is 0.418. The zero-order valence-electron chi connectivity index (χ0n) is 12.4. The van der Waals surface area contributed by atoms with Gasteiger partial charge >= 0.3 is 0 Å². The average molecular weight is 350 g/mol. The molecule has 2 aromatic rings. The molecule has 1 heterocycles. The molecule has 1 aromatic carbocycles. The summed E-state index contributed by atoms with van der Waals surface area (Å²) in [5.41, 5.74) is 10.1. The van der Waals surface area contributed by atoms with Crippen LogP contribution in [0.1, 0.15) is 36.2 Å². The summed E-state index contributed by atoms with van der Waals surface area (Å²) in [5, 5.41) is 8.46. The molecule has 0 bridgehead atoms. The highest BCUT2D eigenvalue weighted by Crippen LogP contribution is 2.23. The zero-order chi connectivity index (χ0) is 15.2. The van der Waals surface area contributed by atoms with E-state index in [1.807, 2.05) is 24.3 Å². The standard InChI is InChI=1S/C16H20BrN3O/c1-3-13-14(9-18)16(20-19-15(13)4-2)21-10-11-5-7-12(17)8-6-11/h5-8H,3-4,9-10,18H2,1-2H3. The van der Waals surface area contributed by atoms with Crippen molar-refractivity contribution < 1.29 is 4.74 Å². The predicted octanol–water partition coefficient (Wildman–Crippen LogP) is 3.40. The van der Waals surface area contributed by atoms with E-state index >= 15 is 0 Å². The highest BCUT2D eigenvalue weighted by molar-refractivity contribution is 9.10. The Morgan fingerprint density at radius 2 is 1.76 bits per heavy atom. The second-order valence-corrected chi connectivity index (χ2v) is 5.65. The van der Waals surface area contributed by atoms with E-state index in [-0.39, 0.29) is 0 Å². The third-order valence-corrected chi connectivity index (χ3v) is 3.94. The molecule has 0 aliphatic rings. The molecular formula is C16H20BrN3O. The molecule has 4 nitrogen and oxygen atoms in total. The lowest BCUT2D eigenvalue weighted by molar-refractivity contribution is 0.285. The van der Waals surface area contributed by atoms with Crippen molar-refractivity contribution in [2.24, 2.45) is 5.73 Å². The molecule has 21 heavy (non-hydrogen) atoms. The van der Waals surface area contributed by atoms with E-state index in [0.717, 1.165) is 34.1 Å². The van der Waals surface area contributed by atoms with Crippen LogP contribution in [-0.4, -0.2) is 10.2 Å². The van der Waals surface area contributed by atoms with Crippen molar-refractivity contribution in [3.05, 3.63) is 51.1 Å². The van der Waals surface area contributed by atoms with Gasteiger partial charge in [-0.25, -0.2) is 0 Å². The monoisotopic (exact) mass is 349 g/mol. The molecule has 2 N–H and O–H groups in total. The minimum Gasteiger partial charge on any atom is -0.471 e. The number of nitrogens with two attached hydrogens (primary N) is 1. The average Bonchev–Trinajstić information content (AvgIpc) is 2.53. The van der Waals surface area contributed by atoms with Crippen molar-refractivity contribution >= 4 is 15.9 Å². The van der Waals surface area contributed by atoms with Gasteiger partial charge in [0.2, 0.25) is 5.88 Å². The summed E-state index contributed by atoms with van der Waals surface area (Å²) in [5.74, 6) is 0.550. The Bertz CT molecular complexity index is 599. The van der Waals surface area contributed by atoms with E-state index < -0.39 is 0 Å². The summed E-state index contributed by atoms with van der Waals surface area (Å²) in [4.78, 5) is 0. The smallest absolute Gasteiger partial charge is 0.238 e. The molecule has 5 heteroatoms. The molecule has 0 aliphatic carbocycles. The van der Waals surface area contributed by atoms with Crippen LogP contribution in [0.15, 0.2) is 28.7 Å². The maximum atomic E-state index is 5.89. The number of benzene rings is 1. The third kappa shape index (κ3) is 3.80. The lowest BCUT2D eigenvalue weighted by atomic mass is 10.0. The van der Waals surface area contributed by atoms with Crippen molar-refractivity contribution in [3.8, 4) is 5.88 Å². The molecule has 0 saturated carbocycles. The fourth-order valence-electron chi connectivity index (χ4n) is 2.29. The quantitative estimate of drug-likeness (QED) is 0.867. The third-order valence-electron chi connectivity index (χ3n) is 3.41. The molecule has 0 spiro atoms. The molecule has 0 fully saturated rings. The van der Waals surface area contributed by atoms with Gasteiger partial charge in [0, 0.05) is 16.6 Å². The molecule has 0 atom stereocenters. The van der Waals surface area contributed by atoms with Gasteiger partial charge in [-0.05, 0) is 36.1 Å². The number of aromatic nitrogens is 2. The van der Waals surface area contributed by atoms with Crippen LogP contribution in [0.3, 0.4) is 0 Å². The topological polar surface area (TPSA) is 61.0 Å². The van der Waals surface area contributed by atoms with Gasteiger partial charge in [0.1, 0.15) is 6.61 Å². The van der Waals surface area contributed by atoms with Crippen LogP contribution in [0.25, 0.3) is 0 Å². The summed E-state index contributed by atoms with van der Waals surface area (Å²) in [6.07, 6.45) is 1.75. The highest BCUT2D eigenvalue weighted by atomic mass is 79.9. The lowest BCUT2D eigenvalue weighted by Crippen LogP contribution is -2.12. The van der Waals surface area contributed by atoms with Crippen molar-refractivity contribution in [3.63, 3.8) is 0 Å². The number of halogens is 1. The SMILES string of the molecule is CCc1nnc(OCc2ccc(Br)cc2)c(CN)c1CC. The Balaban J connectivity index is 2.21. The first-order chi connectivity index (χ1) is 10.2. The molecule has 2 rings (SSSR count). The summed E-state index contributed by atoms with van der Waals surface area (Å²) >= 11 is 3.42. The van der Waals surface area contributed by atoms with Gasteiger partial charge in [-0.3, -0.25) is 0 Å². The van der Waals surface area contributed by atoms with Gasteiger partial charge < -0.3 is 10.5 Å². The van der Waals surface area contributed by atoms with E-state index in [1.165, 1.54) is 5.56 Å². The van der Waals surface area contributed by atoms with E-state index in [0.29, 0.717) is 19.0 Å². The minimum atomic E-state index is 0.418. The molecule has 0 unspecified atom stereocenters. The highest BCUT2D eigenvalue weighted by Gasteiger charge is 2.14. The van der Waals surface area contributed by atoms with Crippen LogP contribution >= 0.6 is 15.9 Å². The Hall–Kier alpha value is -1.46. The van der Waals surface area contributed by atoms with Crippen molar-refractivity contribution in [1.29, 1.82) is 0 Å². The maximum Gasteiger partial charge on any atom is 0.238 e. The predicted molar refractivity (Wildman–Crippen MR) is 87.2 cm³/mol. The molecule has 0 radical (unpaired) electrons. The van der Waals surface area contributed by atoms with E-state index in [9.17, 15) is 0 Å². The molecule has 0 saturated heterocycles. The van der Waals surface area contributed by atoms with Crippen molar-refractivity contribution in [2.45, 2.75) is 39.8 Å². The second-order valence-electron chi connectivity index (χ2n) is 4.74. The first-order valence-corrected chi connectivity index (χ1v) is 7.93. The van der Waals surface area contributed by atoms with Crippen LogP contribution in [0.2, 0.25) is 0 Å². The summed E-state index contributed by atoms with van der Waals surface area (Å²) < 4.78 is 6.88. The van der Waals surface area contributed by atoms with Gasteiger partial charge in [-0.15, -0.1) is 5.10 Å². The summed E-state index contributed by atoms with van der Waals surface area (Å²) in [7, 11) is 0. The number of hydrogen-bond acceptors (Lipinski definition) is 4. The van der Waals surface area contributed by atoms with E-state index in [2.05, 4.69) is 40.0 Å². The number of hydrogen-bond donors (Lipinski definition) is 1. The van der Waals surface area contributed by atoms with E-state index in [4.69, 9.17) is 10.5 Å². The zero-order valence-corrected chi connectivity index (χ0v) is 14.0. The summed E-state index contributed by atoms with van der Waals surface area (Å²) in [6, 6.07) is 8.01. The van der Waals surface area contributed by atoms with Gasteiger partial charge in [0.05, 0.1) is 5.69 Å². The van der Waals surface area contributed by atoms with Crippen LogP contribution in [0.4, 0.5) is 0 Å². The van der Waals surface area contributed by atoms with Crippen LogP contribution < -0.4 is 10.5 Å². The Morgan fingerprint density at radius 3 is 2.33 bits per heavy atom. The molecule has 0 aliphatic heterocycles. The Morgan fingerprint density at radius 1 is 1.05 bits per heavy atom. The van der Waals surface area contributed by atoms with Crippen molar-refractivity contribution in [1.82, 2.24) is 10.2 Å². The maximum absolute atomic E-state index is 5.89. The van der Waals surface area contributed by atoms with Gasteiger partial charge in [0.25, 0.3) is 0 Å². The molecule has 1 aromatic heterocycles. The number of nitrogens with zero attached hydrogens (tertiary/aromatic N) is 2. The fraction of sp³-hybridized carbons (Fsp3) is 0.375. The van der Waals surface area contributed by atoms with Crippen molar-refractivity contribution in [2.75, 3.05) is 0 Å². The van der Waals surface area contributed by atoms with Gasteiger partial charge in [-0.1, -0.05) is 41.9 Å². The van der Waals surface area contributed by atoms with Crippen LogP contribution in [0.5, 0.6) is 5.88 Å². The second kappa shape index (κ2) is 7.52. The normalized spacial score (nSPS) is 10.7. The molecule has 112 valence electrons. The summed E-state index contributed by atoms with van der Waals surface area (Å²) in [6.45, 7) is 5.06. The Labute approximate surface area is 133 Å². The number of rotatable bonds is 6. The Kier molecular flexibility index (Phi) is 5.70. The van der Waals surface area contributed by atoms with Crippen LogP contribution in [0, 0.1) is 0 Å². The molecular weight excluding hydrogens is 330 g/mol. The lowest BCUT2D eigenvalue weighted by Gasteiger charge is -2.14. The first kappa shape index (κ1) is 15.9. The number of ether oxygens (including phenoxy) is 1. The van der Waals surface area contributed by atoms with Crippen LogP contribution in [-0.2, 0) is 26.0 Å². The van der Waals surface area contributed by atoms with Gasteiger partial charge in [-0.2, -0.15) is 5.10 Å². The largest absolute Gasteiger partial charge is 0.471 e. The molecule has 0 amide bonds.